The normalized spacial score (nSPS) is 15.5. The standard InChI is InChI=1S/C27H36N6O2/c1-20(2)29-26(34)25(22-8-6-5-7-9-22)18-30-14-16-31(17-15-30)23-10-12-24(13-11-23)32-19-28-33(21(3)4)27(32)35/h5-13,19-21,25H,14-18H2,1-4H3,(H,29,34). The van der Waals surface area contributed by atoms with Crippen LogP contribution in [0.25, 0.3) is 5.69 Å². The summed E-state index contributed by atoms with van der Waals surface area (Å²) in [6.07, 6.45) is 1.58. The van der Waals surface area contributed by atoms with E-state index in [0.717, 1.165) is 43.1 Å². The van der Waals surface area contributed by atoms with Gasteiger partial charge in [0.15, 0.2) is 0 Å². The molecule has 186 valence electrons. The van der Waals surface area contributed by atoms with E-state index in [1.165, 1.54) is 4.68 Å². The van der Waals surface area contributed by atoms with Gasteiger partial charge in [-0.2, -0.15) is 5.10 Å². The monoisotopic (exact) mass is 476 g/mol. The Morgan fingerprint density at radius 1 is 0.914 bits per heavy atom. The number of piperazine rings is 1. The van der Waals surface area contributed by atoms with Crippen LogP contribution in [0.4, 0.5) is 5.69 Å². The van der Waals surface area contributed by atoms with Crippen LogP contribution in [-0.2, 0) is 4.79 Å². The van der Waals surface area contributed by atoms with E-state index in [4.69, 9.17) is 0 Å². The number of hydrogen-bond acceptors (Lipinski definition) is 5. The van der Waals surface area contributed by atoms with Crippen molar-refractivity contribution in [2.24, 2.45) is 0 Å². The summed E-state index contributed by atoms with van der Waals surface area (Å²) in [6.45, 7) is 12.1. The van der Waals surface area contributed by atoms with Gasteiger partial charge in [-0.3, -0.25) is 9.69 Å². The largest absolute Gasteiger partial charge is 0.369 e. The molecule has 0 bridgehead atoms. The Labute approximate surface area is 207 Å². The Morgan fingerprint density at radius 3 is 2.11 bits per heavy atom. The van der Waals surface area contributed by atoms with Crippen LogP contribution in [-0.4, -0.2) is 63.9 Å². The van der Waals surface area contributed by atoms with Gasteiger partial charge in [-0.05, 0) is 57.5 Å². The van der Waals surface area contributed by atoms with Crippen molar-refractivity contribution in [3.63, 3.8) is 0 Å². The molecule has 1 unspecified atom stereocenters. The fraction of sp³-hybridized carbons (Fsp3) is 0.444. The summed E-state index contributed by atoms with van der Waals surface area (Å²) in [5.41, 5.74) is 2.87. The molecule has 1 saturated heterocycles. The maximum Gasteiger partial charge on any atom is 0.350 e. The molecule has 1 amide bonds. The average molecular weight is 477 g/mol. The lowest BCUT2D eigenvalue weighted by Crippen LogP contribution is -2.49. The number of rotatable bonds is 8. The highest BCUT2D eigenvalue weighted by molar-refractivity contribution is 5.84. The Balaban J connectivity index is 1.39. The van der Waals surface area contributed by atoms with Crippen LogP contribution in [0.15, 0.2) is 65.7 Å². The molecule has 1 N–H and O–H groups in total. The van der Waals surface area contributed by atoms with Crippen LogP contribution in [0.3, 0.4) is 0 Å². The fourth-order valence-electron chi connectivity index (χ4n) is 4.53. The molecular weight excluding hydrogens is 440 g/mol. The van der Waals surface area contributed by atoms with Crippen molar-refractivity contribution in [3.8, 4) is 5.69 Å². The van der Waals surface area contributed by atoms with Gasteiger partial charge < -0.3 is 10.2 Å². The molecule has 0 radical (unpaired) electrons. The third-order valence-corrected chi connectivity index (χ3v) is 6.44. The average Bonchev–Trinajstić information content (AvgIpc) is 3.24. The molecule has 1 fully saturated rings. The predicted octanol–water partition coefficient (Wildman–Crippen LogP) is 3.05. The number of carbonyl (C=O) groups is 1. The van der Waals surface area contributed by atoms with E-state index in [0.29, 0.717) is 6.54 Å². The first-order valence-corrected chi connectivity index (χ1v) is 12.4. The quantitative estimate of drug-likeness (QED) is 0.541. The van der Waals surface area contributed by atoms with Crippen LogP contribution in [0.5, 0.6) is 0 Å². The minimum Gasteiger partial charge on any atom is -0.369 e. The van der Waals surface area contributed by atoms with Gasteiger partial charge in [-0.15, -0.1) is 0 Å². The van der Waals surface area contributed by atoms with E-state index in [1.807, 2.05) is 70.2 Å². The van der Waals surface area contributed by atoms with Gasteiger partial charge in [0.2, 0.25) is 5.91 Å². The van der Waals surface area contributed by atoms with Crippen molar-refractivity contribution >= 4 is 11.6 Å². The van der Waals surface area contributed by atoms with Crippen molar-refractivity contribution in [1.82, 2.24) is 24.6 Å². The number of aromatic nitrogens is 3. The zero-order chi connectivity index (χ0) is 24.9. The van der Waals surface area contributed by atoms with Gasteiger partial charge in [0.05, 0.1) is 17.6 Å². The molecular formula is C27H36N6O2. The third kappa shape index (κ3) is 5.82. The molecule has 0 saturated carbocycles. The first-order valence-electron chi connectivity index (χ1n) is 12.4. The van der Waals surface area contributed by atoms with Crippen LogP contribution < -0.4 is 15.9 Å². The second kappa shape index (κ2) is 10.9. The molecule has 1 atom stereocenters. The van der Waals surface area contributed by atoms with Gasteiger partial charge in [-0.1, -0.05) is 30.3 Å². The van der Waals surface area contributed by atoms with E-state index in [2.05, 4.69) is 32.3 Å². The van der Waals surface area contributed by atoms with Crippen LogP contribution >= 0.6 is 0 Å². The van der Waals surface area contributed by atoms with Gasteiger partial charge >= 0.3 is 5.69 Å². The van der Waals surface area contributed by atoms with Crippen molar-refractivity contribution in [1.29, 1.82) is 0 Å². The van der Waals surface area contributed by atoms with E-state index >= 15 is 0 Å². The number of amides is 1. The topological polar surface area (TPSA) is 75.4 Å². The summed E-state index contributed by atoms with van der Waals surface area (Å²) in [5.74, 6) is -0.102. The minimum absolute atomic E-state index is 0.0252. The number of nitrogens with one attached hydrogen (secondary N) is 1. The van der Waals surface area contributed by atoms with Gasteiger partial charge in [0.1, 0.15) is 6.33 Å². The van der Waals surface area contributed by atoms with E-state index in [-0.39, 0.29) is 29.6 Å². The molecule has 8 heteroatoms. The Hall–Kier alpha value is -3.39. The lowest BCUT2D eigenvalue weighted by molar-refractivity contribution is -0.123. The highest BCUT2D eigenvalue weighted by atomic mass is 16.2. The first-order chi connectivity index (χ1) is 16.8. The minimum atomic E-state index is -0.186. The molecule has 4 rings (SSSR count). The lowest BCUT2D eigenvalue weighted by atomic mass is 9.96. The van der Waals surface area contributed by atoms with Crippen molar-refractivity contribution < 1.29 is 4.79 Å². The maximum atomic E-state index is 12.9. The number of nitrogens with zero attached hydrogens (tertiary/aromatic N) is 5. The Bertz CT molecular complexity index is 1160. The maximum absolute atomic E-state index is 12.9. The van der Waals surface area contributed by atoms with Crippen LogP contribution in [0.1, 0.15) is 45.2 Å². The first kappa shape index (κ1) is 24.7. The lowest BCUT2D eigenvalue weighted by Gasteiger charge is -2.37. The number of carbonyl (C=O) groups excluding carboxylic acids is 1. The zero-order valence-corrected chi connectivity index (χ0v) is 21.1. The third-order valence-electron chi connectivity index (χ3n) is 6.44. The summed E-state index contributed by atoms with van der Waals surface area (Å²) in [6, 6.07) is 18.3. The number of benzene rings is 2. The molecule has 2 heterocycles. The second-order valence-electron chi connectivity index (χ2n) is 9.75. The van der Waals surface area contributed by atoms with Crippen molar-refractivity contribution in [3.05, 3.63) is 77.0 Å². The van der Waals surface area contributed by atoms with E-state index in [1.54, 1.807) is 10.9 Å². The summed E-state index contributed by atoms with van der Waals surface area (Å²) >= 11 is 0. The summed E-state index contributed by atoms with van der Waals surface area (Å²) in [5, 5.41) is 7.30. The molecule has 1 aliphatic heterocycles. The fourth-order valence-corrected chi connectivity index (χ4v) is 4.53. The second-order valence-corrected chi connectivity index (χ2v) is 9.75. The Morgan fingerprint density at radius 2 is 1.54 bits per heavy atom. The van der Waals surface area contributed by atoms with E-state index in [9.17, 15) is 9.59 Å². The summed E-state index contributed by atoms with van der Waals surface area (Å²) in [7, 11) is 0. The molecule has 0 spiro atoms. The highest BCUT2D eigenvalue weighted by Crippen LogP contribution is 2.22. The molecule has 8 nitrogen and oxygen atoms in total. The Kier molecular flexibility index (Phi) is 7.70. The van der Waals surface area contributed by atoms with Gasteiger partial charge in [-0.25, -0.2) is 14.0 Å². The highest BCUT2D eigenvalue weighted by Gasteiger charge is 2.26. The molecule has 3 aromatic rings. The van der Waals surface area contributed by atoms with Crippen molar-refractivity contribution in [2.75, 3.05) is 37.6 Å². The number of anilines is 1. The predicted molar refractivity (Wildman–Crippen MR) is 139 cm³/mol. The SMILES string of the molecule is CC(C)NC(=O)C(CN1CCN(c2ccc(-n3cnn(C(C)C)c3=O)cc2)CC1)c1ccccc1. The zero-order valence-electron chi connectivity index (χ0n) is 21.1. The van der Waals surface area contributed by atoms with Gasteiger partial charge in [0, 0.05) is 44.5 Å². The molecule has 2 aromatic carbocycles. The van der Waals surface area contributed by atoms with Crippen LogP contribution in [0, 0.1) is 0 Å². The molecule has 35 heavy (non-hydrogen) atoms. The smallest absolute Gasteiger partial charge is 0.350 e. The van der Waals surface area contributed by atoms with Crippen molar-refractivity contribution in [2.45, 2.75) is 45.7 Å². The molecule has 1 aliphatic rings. The summed E-state index contributed by atoms with van der Waals surface area (Å²) in [4.78, 5) is 30.2. The molecule has 1 aromatic heterocycles. The molecule has 0 aliphatic carbocycles. The van der Waals surface area contributed by atoms with Crippen LogP contribution in [0.2, 0.25) is 0 Å². The number of hydrogen-bond donors (Lipinski definition) is 1. The van der Waals surface area contributed by atoms with Gasteiger partial charge in [0.25, 0.3) is 0 Å². The van der Waals surface area contributed by atoms with E-state index < -0.39 is 0 Å². The summed E-state index contributed by atoms with van der Waals surface area (Å²) < 4.78 is 3.06.